The highest BCUT2D eigenvalue weighted by atomic mass is 19.3. The van der Waals surface area contributed by atoms with Gasteiger partial charge in [-0.05, 0) is 33.6 Å². The van der Waals surface area contributed by atoms with Crippen LogP contribution >= 0.6 is 0 Å². The largest absolute Gasteiger partial charge is 0.444 e. The molecule has 0 aromatic heterocycles. The first-order chi connectivity index (χ1) is 9.79. The quantitative estimate of drug-likeness (QED) is 0.733. The van der Waals surface area contributed by atoms with Gasteiger partial charge in [-0.2, -0.15) is 0 Å². The van der Waals surface area contributed by atoms with Gasteiger partial charge in [0.1, 0.15) is 12.2 Å². The molecule has 0 spiro atoms. The number of ether oxygens (including phenoxy) is 2. The third kappa shape index (κ3) is 7.57. The van der Waals surface area contributed by atoms with Crippen LogP contribution in [0.2, 0.25) is 0 Å². The van der Waals surface area contributed by atoms with E-state index < -0.39 is 18.6 Å². The molecule has 7 heteroatoms. The van der Waals surface area contributed by atoms with Gasteiger partial charge in [0, 0.05) is 25.7 Å². The maximum Gasteiger partial charge on any atom is 0.410 e. The number of carbonyl (C=O) groups is 1. The summed E-state index contributed by atoms with van der Waals surface area (Å²) in [6, 6.07) is 0.0925. The van der Waals surface area contributed by atoms with Gasteiger partial charge in [-0.25, -0.2) is 13.6 Å². The van der Waals surface area contributed by atoms with E-state index >= 15 is 0 Å². The number of halogens is 2. The summed E-state index contributed by atoms with van der Waals surface area (Å²) in [5.41, 5.74) is -0.499. The van der Waals surface area contributed by atoms with Crippen LogP contribution in [0, 0.1) is 0 Å². The molecule has 0 aliphatic carbocycles. The molecule has 0 aromatic carbocycles. The number of alkyl halides is 2. The molecule has 0 bridgehead atoms. The van der Waals surface area contributed by atoms with Crippen LogP contribution in [0.15, 0.2) is 0 Å². The molecule has 124 valence electrons. The Morgan fingerprint density at radius 3 is 2.76 bits per heavy atom. The fraction of sp³-hybridized carbons (Fsp3) is 0.929. The number of nitrogens with zero attached hydrogens (tertiary/aromatic N) is 1. The molecule has 0 saturated carbocycles. The maximum atomic E-state index is 12.0. The van der Waals surface area contributed by atoms with Crippen molar-refractivity contribution in [1.82, 2.24) is 10.2 Å². The van der Waals surface area contributed by atoms with Crippen LogP contribution in [0.5, 0.6) is 0 Å². The van der Waals surface area contributed by atoms with Crippen molar-refractivity contribution < 1.29 is 23.0 Å². The monoisotopic (exact) mass is 308 g/mol. The number of rotatable bonds is 7. The molecule has 0 aromatic rings. The summed E-state index contributed by atoms with van der Waals surface area (Å²) in [7, 11) is 0. The van der Waals surface area contributed by atoms with E-state index in [1.807, 2.05) is 20.8 Å². The zero-order chi connectivity index (χ0) is 15.9. The minimum atomic E-state index is -2.43. The van der Waals surface area contributed by atoms with Crippen molar-refractivity contribution in [3.63, 3.8) is 0 Å². The van der Waals surface area contributed by atoms with E-state index in [1.54, 1.807) is 4.90 Å². The average Bonchev–Trinajstić information content (AvgIpc) is 2.79. The lowest BCUT2D eigenvalue weighted by Gasteiger charge is -2.28. The molecular formula is C14H26F2N2O3. The van der Waals surface area contributed by atoms with E-state index in [0.717, 1.165) is 12.8 Å². The highest BCUT2D eigenvalue weighted by Crippen LogP contribution is 2.20. The third-order valence-electron chi connectivity index (χ3n) is 3.05. The minimum absolute atomic E-state index is 0.0925. The molecule has 1 N–H and O–H groups in total. The van der Waals surface area contributed by atoms with Gasteiger partial charge in [-0.1, -0.05) is 0 Å². The van der Waals surface area contributed by atoms with Gasteiger partial charge in [0.25, 0.3) is 6.43 Å². The van der Waals surface area contributed by atoms with Crippen LogP contribution in [0.25, 0.3) is 0 Å². The van der Waals surface area contributed by atoms with Crippen LogP contribution in [0.4, 0.5) is 13.6 Å². The van der Waals surface area contributed by atoms with Crippen molar-refractivity contribution in [2.24, 2.45) is 0 Å². The molecule has 1 heterocycles. The third-order valence-corrected chi connectivity index (χ3v) is 3.05. The number of hydrogen-bond acceptors (Lipinski definition) is 4. The molecule has 1 amide bonds. The first-order valence-corrected chi connectivity index (χ1v) is 7.36. The highest BCUT2D eigenvalue weighted by Gasteiger charge is 2.31. The van der Waals surface area contributed by atoms with Crippen molar-refractivity contribution in [3.8, 4) is 0 Å². The van der Waals surface area contributed by atoms with Crippen LogP contribution in [0.3, 0.4) is 0 Å². The Kier molecular flexibility index (Phi) is 7.31. The number of carbonyl (C=O) groups excluding carboxylic acids is 1. The van der Waals surface area contributed by atoms with E-state index in [-0.39, 0.29) is 18.7 Å². The Hall–Kier alpha value is -0.950. The molecular weight excluding hydrogens is 282 g/mol. The Bertz CT molecular complexity index is 322. The lowest BCUT2D eigenvalue weighted by Crippen LogP contribution is -2.44. The molecule has 0 radical (unpaired) electrons. The predicted molar refractivity (Wildman–Crippen MR) is 75.7 cm³/mol. The molecule has 1 unspecified atom stereocenters. The number of amides is 1. The topological polar surface area (TPSA) is 50.8 Å². The summed E-state index contributed by atoms with van der Waals surface area (Å²) in [4.78, 5) is 13.8. The highest BCUT2D eigenvalue weighted by molar-refractivity contribution is 5.69. The molecule has 1 saturated heterocycles. The van der Waals surface area contributed by atoms with Crippen LogP contribution in [0.1, 0.15) is 33.6 Å². The fourth-order valence-corrected chi connectivity index (χ4v) is 2.19. The Morgan fingerprint density at radius 2 is 2.14 bits per heavy atom. The van der Waals surface area contributed by atoms with Crippen LogP contribution < -0.4 is 5.32 Å². The molecule has 1 aliphatic rings. The molecule has 5 nitrogen and oxygen atoms in total. The normalized spacial score (nSPS) is 19.3. The zero-order valence-corrected chi connectivity index (χ0v) is 13.0. The van der Waals surface area contributed by atoms with Gasteiger partial charge in [0.2, 0.25) is 0 Å². The van der Waals surface area contributed by atoms with Gasteiger partial charge < -0.3 is 19.7 Å². The standard InChI is InChI=1S/C14H26F2N2O3/c1-14(2,3)21-13(19)18-7-4-5-11(18)9-17-6-8-20-10-12(15)16/h11-12,17H,4-10H2,1-3H3. The minimum Gasteiger partial charge on any atom is -0.444 e. The average molecular weight is 308 g/mol. The van der Waals surface area contributed by atoms with Gasteiger partial charge in [-0.15, -0.1) is 0 Å². The number of hydrogen-bond donors (Lipinski definition) is 1. The van der Waals surface area contributed by atoms with Crippen LogP contribution in [-0.4, -0.2) is 61.9 Å². The summed E-state index contributed by atoms with van der Waals surface area (Å²) in [6.07, 6.45) is -0.847. The second-order valence-corrected chi connectivity index (χ2v) is 6.14. The second-order valence-electron chi connectivity index (χ2n) is 6.14. The van der Waals surface area contributed by atoms with E-state index in [9.17, 15) is 13.6 Å². The summed E-state index contributed by atoms with van der Waals surface area (Å²) in [5.74, 6) is 0. The van der Waals surface area contributed by atoms with E-state index in [1.165, 1.54) is 0 Å². The fourth-order valence-electron chi connectivity index (χ4n) is 2.19. The first-order valence-electron chi connectivity index (χ1n) is 7.36. The van der Waals surface area contributed by atoms with Crippen molar-refractivity contribution in [2.45, 2.75) is 51.7 Å². The van der Waals surface area contributed by atoms with E-state index in [4.69, 9.17) is 9.47 Å². The maximum absolute atomic E-state index is 12.0. The lowest BCUT2D eigenvalue weighted by molar-refractivity contribution is 0.0165. The Balaban J connectivity index is 2.23. The van der Waals surface area contributed by atoms with Gasteiger partial charge in [0.15, 0.2) is 0 Å². The summed E-state index contributed by atoms with van der Waals surface area (Å²) < 4.78 is 33.9. The number of likely N-dealkylation sites (tertiary alicyclic amines) is 1. The number of nitrogens with one attached hydrogen (secondary N) is 1. The van der Waals surface area contributed by atoms with E-state index in [2.05, 4.69) is 5.32 Å². The lowest BCUT2D eigenvalue weighted by atomic mass is 10.2. The van der Waals surface area contributed by atoms with Crippen molar-refractivity contribution in [2.75, 3.05) is 32.8 Å². The van der Waals surface area contributed by atoms with Gasteiger partial charge in [0.05, 0.1) is 6.61 Å². The smallest absolute Gasteiger partial charge is 0.410 e. The molecule has 1 fully saturated rings. The van der Waals surface area contributed by atoms with Crippen molar-refractivity contribution >= 4 is 6.09 Å². The van der Waals surface area contributed by atoms with Crippen molar-refractivity contribution in [1.29, 1.82) is 0 Å². The summed E-state index contributed by atoms with van der Waals surface area (Å²) >= 11 is 0. The Labute approximate surface area is 125 Å². The summed E-state index contributed by atoms with van der Waals surface area (Å²) in [5, 5.41) is 3.13. The molecule has 1 rings (SSSR count). The Morgan fingerprint density at radius 1 is 1.43 bits per heavy atom. The van der Waals surface area contributed by atoms with Gasteiger partial charge >= 0.3 is 6.09 Å². The first kappa shape index (κ1) is 18.1. The SMILES string of the molecule is CC(C)(C)OC(=O)N1CCCC1CNCCOCC(F)F. The molecule has 21 heavy (non-hydrogen) atoms. The summed E-state index contributed by atoms with van der Waals surface area (Å²) in [6.45, 7) is 7.04. The van der Waals surface area contributed by atoms with Gasteiger partial charge in [-0.3, -0.25) is 0 Å². The predicted octanol–water partition coefficient (Wildman–Crippen LogP) is 2.26. The molecule has 1 atom stereocenters. The van der Waals surface area contributed by atoms with E-state index in [0.29, 0.717) is 19.6 Å². The van der Waals surface area contributed by atoms with Crippen molar-refractivity contribution in [3.05, 3.63) is 0 Å². The van der Waals surface area contributed by atoms with Crippen LogP contribution in [-0.2, 0) is 9.47 Å². The molecule has 1 aliphatic heterocycles. The zero-order valence-electron chi connectivity index (χ0n) is 13.0. The second kappa shape index (κ2) is 8.48.